The number of hydrogen-bond acceptors (Lipinski definition) is 3. The molecule has 86 valence electrons. The van der Waals surface area contributed by atoms with Gasteiger partial charge in [-0.05, 0) is 17.7 Å². The zero-order chi connectivity index (χ0) is 11.8. The minimum Gasteiger partial charge on any atom is -0.497 e. The molecule has 3 nitrogen and oxygen atoms in total. The first-order valence-electron chi connectivity index (χ1n) is 5.16. The predicted molar refractivity (Wildman–Crippen MR) is 64.7 cm³/mol. The number of nitrogens with one attached hydrogen (secondary N) is 1. The van der Waals surface area contributed by atoms with Crippen molar-refractivity contribution < 1.29 is 9.47 Å². The van der Waals surface area contributed by atoms with Gasteiger partial charge in [0.25, 0.3) is 0 Å². The highest BCUT2D eigenvalue weighted by molar-refractivity contribution is 5.38. The molecule has 0 atom stereocenters. The molecule has 0 aliphatic carbocycles. The van der Waals surface area contributed by atoms with Gasteiger partial charge in [0.05, 0.1) is 14.2 Å². The monoisotopic (exact) mass is 219 g/mol. The number of benzene rings is 1. The van der Waals surface area contributed by atoms with Crippen molar-refractivity contribution >= 4 is 0 Å². The van der Waals surface area contributed by atoms with E-state index in [1.165, 1.54) is 0 Å². The fraction of sp³-hybridized carbons (Fsp3) is 0.385. The summed E-state index contributed by atoms with van der Waals surface area (Å²) in [5.74, 6) is 4.19. The van der Waals surface area contributed by atoms with Gasteiger partial charge in [-0.1, -0.05) is 0 Å². The number of rotatable bonds is 6. The van der Waals surface area contributed by atoms with Gasteiger partial charge in [-0.2, -0.15) is 0 Å². The molecule has 0 aliphatic rings. The highest BCUT2D eigenvalue weighted by atomic mass is 16.5. The first-order chi connectivity index (χ1) is 7.80. The molecular weight excluding hydrogens is 202 g/mol. The number of hydrogen-bond donors (Lipinski definition) is 1. The summed E-state index contributed by atoms with van der Waals surface area (Å²) in [6, 6.07) is 5.81. The first-order valence-corrected chi connectivity index (χ1v) is 5.16. The van der Waals surface area contributed by atoms with Crippen molar-refractivity contribution in [2.45, 2.75) is 13.0 Å². The van der Waals surface area contributed by atoms with Gasteiger partial charge in [-0.25, -0.2) is 0 Å². The van der Waals surface area contributed by atoms with E-state index >= 15 is 0 Å². The van der Waals surface area contributed by atoms with Gasteiger partial charge in [0.2, 0.25) is 0 Å². The Kier molecular flexibility index (Phi) is 5.24. The Balaban J connectivity index is 2.61. The van der Waals surface area contributed by atoms with E-state index in [1.54, 1.807) is 14.2 Å². The van der Waals surface area contributed by atoms with Crippen molar-refractivity contribution in [2.75, 3.05) is 20.8 Å². The average Bonchev–Trinajstić information content (AvgIpc) is 2.34. The summed E-state index contributed by atoms with van der Waals surface area (Å²) < 4.78 is 10.4. The SMILES string of the molecule is C#CCCNCc1cc(OC)cc(OC)c1. The van der Waals surface area contributed by atoms with E-state index in [1.807, 2.05) is 18.2 Å². The van der Waals surface area contributed by atoms with E-state index in [2.05, 4.69) is 11.2 Å². The third kappa shape index (κ3) is 3.84. The van der Waals surface area contributed by atoms with E-state index in [0.29, 0.717) is 0 Å². The van der Waals surface area contributed by atoms with Gasteiger partial charge in [-0.3, -0.25) is 0 Å². The van der Waals surface area contributed by atoms with E-state index < -0.39 is 0 Å². The fourth-order valence-electron chi connectivity index (χ4n) is 1.36. The summed E-state index contributed by atoms with van der Waals surface area (Å²) in [6.07, 6.45) is 5.91. The standard InChI is InChI=1S/C13H17NO2/c1-4-5-6-14-10-11-7-12(15-2)9-13(8-11)16-3/h1,7-9,14H,5-6,10H2,2-3H3. The molecule has 0 heterocycles. The van der Waals surface area contributed by atoms with Gasteiger partial charge in [-0.15, -0.1) is 12.3 Å². The van der Waals surface area contributed by atoms with Crippen LogP contribution < -0.4 is 14.8 Å². The average molecular weight is 219 g/mol. The van der Waals surface area contributed by atoms with Crippen molar-refractivity contribution in [3.63, 3.8) is 0 Å². The molecule has 0 fully saturated rings. The fourth-order valence-corrected chi connectivity index (χ4v) is 1.36. The summed E-state index contributed by atoms with van der Waals surface area (Å²) in [5.41, 5.74) is 1.12. The Bertz CT molecular complexity index is 346. The second-order valence-electron chi connectivity index (χ2n) is 3.35. The van der Waals surface area contributed by atoms with E-state index in [0.717, 1.165) is 36.6 Å². The molecule has 1 N–H and O–H groups in total. The van der Waals surface area contributed by atoms with Crippen LogP contribution in [0.15, 0.2) is 18.2 Å². The molecule has 0 saturated carbocycles. The van der Waals surface area contributed by atoms with Crippen molar-refractivity contribution in [3.05, 3.63) is 23.8 Å². The van der Waals surface area contributed by atoms with E-state index in [9.17, 15) is 0 Å². The lowest BCUT2D eigenvalue weighted by Gasteiger charge is -2.08. The third-order valence-corrected chi connectivity index (χ3v) is 2.19. The van der Waals surface area contributed by atoms with Crippen molar-refractivity contribution in [3.8, 4) is 23.8 Å². The van der Waals surface area contributed by atoms with Crippen LogP contribution in [0, 0.1) is 12.3 Å². The number of ether oxygens (including phenoxy) is 2. The molecule has 16 heavy (non-hydrogen) atoms. The summed E-state index contributed by atoms with van der Waals surface area (Å²) in [5, 5.41) is 3.25. The highest BCUT2D eigenvalue weighted by Gasteiger charge is 2.01. The molecular formula is C13H17NO2. The Morgan fingerprint density at radius 1 is 1.19 bits per heavy atom. The molecule has 0 unspecified atom stereocenters. The van der Waals surface area contributed by atoms with Crippen LogP contribution in [-0.4, -0.2) is 20.8 Å². The second kappa shape index (κ2) is 6.76. The molecule has 0 amide bonds. The lowest BCUT2D eigenvalue weighted by Crippen LogP contribution is -2.14. The lowest BCUT2D eigenvalue weighted by molar-refractivity contribution is 0.393. The summed E-state index contributed by atoms with van der Waals surface area (Å²) in [7, 11) is 3.29. The van der Waals surface area contributed by atoms with Crippen molar-refractivity contribution in [1.82, 2.24) is 5.32 Å². The molecule has 0 aromatic heterocycles. The smallest absolute Gasteiger partial charge is 0.122 e. The van der Waals surface area contributed by atoms with Crippen molar-refractivity contribution in [1.29, 1.82) is 0 Å². The molecule has 0 spiro atoms. The van der Waals surface area contributed by atoms with Crippen LogP contribution in [0.3, 0.4) is 0 Å². The van der Waals surface area contributed by atoms with Gasteiger partial charge >= 0.3 is 0 Å². The topological polar surface area (TPSA) is 30.5 Å². The molecule has 1 aromatic rings. The lowest BCUT2D eigenvalue weighted by atomic mass is 10.2. The summed E-state index contributed by atoms with van der Waals surface area (Å²) >= 11 is 0. The van der Waals surface area contributed by atoms with Crippen LogP contribution in [0.1, 0.15) is 12.0 Å². The van der Waals surface area contributed by atoms with Crippen LogP contribution in [0.5, 0.6) is 11.5 Å². The second-order valence-corrected chi connectivity index (χ2v) is 3.35. The quantitative estimate of drug-likeness (QED) is 0.584. The Morgan fingerprint density at radius 2 is 1.81 bits per heavy atom. The van der Waals surface area contributed by atoms with Crippen LogP contribution >= 0.6 is 0 Å². The Hall–Kier alpha value is -1.66. The van der Waals surface area contributed by atoms with Gasteiger partial charge in [0, 0.05) is 25.6 Å². The molecule has 1 rings (SSSR count). The third-order valence-electron chi connectivity index (χ3n) is 2.19. The normalized spacial score (nSPS) is 9.56. The maximum atomic E-state index is 5.18. The zero-order valence-corrected chi connectivity index (χ0v) is 9.75. The number of methoxy groups -OCH3 is 2. The van der Waals surface area contributed by atoms with Crippen molar-refractivity contribution in [2.24, 2.45) is 0 Å². The van der Waals surface area contributed by atoms with Crippen LogP contribution in [-0.2, 0) is 6.54 Å². The van der Waals surface area contributed by atoms with E-state index in [4.69, 9.17) is 15.9 Å². The molecule has 0 saturated heterocycles. The molecule has 3 heteroatoms. The van der Waals surface area contributed by atoms with Gasteiger partial charge < -0.3 is 14.8 Å². The predicted octanol–water partition coefficient (Wildman–Crippen LogP) is 1.82. The number of terminal acetylenes is 1. The largest absolute Gasteiger partial charge is 0.497 e. The molecule has 0 radical (unpaired) electrons. The van der Waals surface area contributed by atoms with Gasteiger partial charge in [0.15, 0.2) is 0 Å². The molecule has 0 aliphatic heterocycles. The van der Waals surface area contributed by atoms with Crippen LogP contribution in [0.2, 0.25) is 0 Å². The molecule has 0 bridgehead atoms. The minimum atomic E-state index is 0.737. The Morgan fingerprint density at radius 3 is 2.31 bits per heavy atom. The zero-order valence-electron chi connectivity index (χ0n) is 9.75. The van der Waals surface area contributed by atoms with Crippen LogP contribution in [0.25, 0.3) is 0 Å². The highest BCUT2D eigenvalue weighted by Crippen LogP contribution is 2.22. The maximum absolute atomic E-state index is 5.18. The maximum Gasteiger partial charge on any atom is 0.122 e. The Labute approximate surface area is 96.8 Å². The summed E-state index contributed by atoms with van der Waals surface area (Å²) in [4.78, 5) is 0. The van der Waals surface area contributed by atoms with Gasteiger partial charge in [0.1, 0.15) is 11.5 Å². The minimum absolute atomic E-state index is 0.737. The van der Waals surface area contributed by atoms with Crippen LogP contribution in [0.4, 0.5) is 0 Å². The first kappa shape index (κ1) is 12.4. The summed E-state index contributed by atoms with van der Waals surface area (Å²) in [6.45, 7) is 1.57. The van der Waals surface area contributed by atoms with E-state index in [-0.39, 0.29) is 0 Å². The molecule has 1 aromatic carbocycles.